The Morgan fingerprint density at radius 3 is 2.83 bits per heavy atom. The third-order valence-corrected chi connectivity index (χ3v) is 5.05. The minimum Gasteiger partial charge on any atom is -0.496 e. The molecule has 2 heterocycles. The van der Waals surface area contributed by atoms with Crippen molar-refractivity contribution in [2.75, 3.05) is 19.0 Å². The Morgan fingerprint density at radius 2 is 2.07 bits per heavy atom. The molecule has 0 unspecified atom stereocenters. The monoisotopic (exact) mass is 414 g/mol. The molecule has 0 atom stereocenters. The second-order valence-electron chi connectivity index (χ2n) is 6.35. The van der Waals surface area contributed by atoms with Crippen LogP contribution in [-0.2, 0) is 6.54 Å². The van der Waals surface area contributed by atoms with Crippen LogP contribution < -0.4 is 14.9 Å². The number of carbonyl (C=O) groups excluding carboxylic acids is 1. The molecule has 0 saturated carbocycles. The Morgan fingerprint density at radius 1 is 1.28 bits per heavy atom. The van der Waals surface area contributed by atoms with Gasteiger partial charge >= 0.3 is 4.87 Å². The number of para-hydroxylation sites is 1. The Bertz CT molecular complexity index is 1060. The molecule has 8 nitrogen and oxygen atoms in total. The van der Waals surface area contributed by atoms with Gasteiger partial charge < -0.3 is 9.84 Å². The number of carbonyl (C=O) groups is 1. The molecule has 0 aliphatic rings. The number of nitrogens with zero attached hydrogens (tertiary/aromatic N) is 3. The number of pyridine rings is 1. The van der Waals surface area contributed by atoms with Crippen molar-refractivity contribution in [1.29, 1.82) is 0 Å². The molecule has 152 valence electrons. The minimum atomic E-state index is -0.408. The highest BCUT2D eigenvalue weighted by Gasteiger charge is 2.18. The third kappa shape index (κ3) is 4.87. The van der Waals surface area contributed by atoms with Crippen molar-refractivity contribution in [3.63, 3.8) is 0 Å². The van der Waals surface area contributed by atoms with Gasteiger partial charge in [-0.3, -0.25) is 19.9 Å². The number of rotatable bonds is 8. The molecule has 3 aromatic rings. The fourth-order valence-corrected chi connectivity index (χ4v) is 3.55. The van der Waals surface area contributed by atoms with Crippen LogP contribution in [0.3, 0.4) is 0 Å². The third-order valence-electron chi connectivity index (χ3n) is 4.29. The number of anilines is 1. The summed E-state index contributed by atoms with van der Waals surface area (Å²) in [6.07, 6.45) is 2.73. The van der Waals surface area contributed by atoms with Crippen molar-refractivity contribution in [3.8, 4) is 16.9 Å². The molecule has 0 bridgehead atoms. The maximum absolute atomic E-state index is 12.9. The van der Waals surface area contributed by atoms with E-state index in [-0.39, 0.29) is 16.6 Å². The van der Waals surface area contributed by atoms with Gasteiger partial charge in [-0.05, 0) is 43.2 Å². The van der Waals surface area contributed by atoms with Crippen molar-refractivity contribution < 1.29 is 14.6 Å². The van der Waals surface area contributed by atoms with Crippen LogP contribution in [0.15, 0.2) is 41.3 Å². The summed E-state index contributed by atoms with van der Waals surface area (Å²) >= 11 is 0.865. The number of aliphatic hydroxyl groups is 1. The maximum Gasteiger partial charge on any atom is 0.326 e. The van der Waals surface area contributed by atoms with Gasteiger partial charge in [-0.25, -0.2) is 4.68 Å². The van der Waals surface area contributed by atoms with E-state index < -0.39 is 5.91 Å². The van der Waals surface area contributed by atoms with Gasteiger partial charge in [-0.15, -0.1) is 5.10 Å². The molecule has 29 heavy (non-hydrogen) atoms. The highest BCUT2D eigenvalue weighted by molar-refractivity contribution is 7.13. The quantitative estimate of drug-likeness (QED) is 0.549. The summed E-state index contributed by atoms with van der Waals surface area (Å²) in [6.45, 7) is 2.30. The van der Waals surface area contributed by atoms with E-state index in [0.29, 0.717) is 36.3 Å². The van der Waals surface area contributed by atoms with Crippen molar-refractivity contribution in [1.82, 2.24) is 14.8 Å². The number of benzene rings is 1. The van der Waals surface area contributed by atoms with Gasteiger partial charge in [0.25, 0.3) is 5.91 Å². The Labute approximate surface area is 171 Å². The molecule has 0 radical (unpaired) electrons. The SMILES string of the molecule is COc1ccccc1-c1cc(C)ncc1C(=O)Nc1nn(CCCCO)c(=O)s1. The van der Waals surface area contributed by atoms with Crippen LogP contribution in [0.25, 0.3) is 11.1 Å². The molecule has 0 aliphatic carbocycles. The molecule has 1 aromatic carbocycles. The van der Waals surface area contributed by atoms with Crippen LogP contribution in [0.2, 0.25) is 0 Å². The fourth-order valence-electron chi connectivity index (χ4n) is 2.87. The Hall–Kier alpha value is -3.04. The van der Waals surface area contributed by atoms with Gasteiger partial charge in [-0.2, -0.15) is 0 Å². The van der Waals surface area contributed by atoms with Gasteiger partial charge in [0, 0.05) is 36.2 Å². The summed E-state index contributed by atoms with van der Waals surface area (Å²) < 4.78 is 6.73. The summed E-state index contributed by atoms with van der Waals surface area (Å²) in [5.74, 6) is 0.236. The van der Waals surface area contributed by atoms with Crippen LogP contribution in [0.5, 0.6) is 5.75 Å². The number of amides is 1. The lowest BCUT2D eigenvalue weighted by Crippen LogP contribution is -2.16. The van der Waals surface area contributed by atoms with Crippen molar-refractivity contribution in [2.24, 2.45) is 0 Å². The first-order valence-corrected chi connectivity index (χ1v) is 9.95. The lowest BCUT2D eigenvalue weighted by molar-refractivity contribution is 0.102. The summed E-state index contributed by atoms with van der Waals surface area (Å²) in [5.41, 5.74) is 2.57. The number of aliphatic hydroxyl groups excluding tert-OH is 1. The summed E-state index contributed by atoms with van der Waals surface area (Å²) in [5, 5.41) is 15.9. The standard InChI is InChI=1S/C20H22N4O4S/c1-13-11-15(14-7-3-4-8-17(14)28-2)16(12-21-13)18(26)22-19-23-24(20(27)29-19)9-5-6-10-25/h3-4,7-8,11-12,25H,5-6,9-10H2,1-2H3,(H,22,23,26). The van der Waals surface area contributed by atoms with E-state index in [1.165, 1.54) is 10.9 Å². The smallest absolute Gasteiger partial charge is 0.326 e. The molecule has 0 saturated heterocycles. The first-order valence-electron chi connectivity index (χ1n) is 9.13. The first-order chi connectivity index (χ1) is 14.0. The number of methoxy groups -OCH3 is 1. The van der Waals surface area contributed by atoms with Crippen molar-refractivity contribution in [3.05, 3.63) is 57.5 Å². The summed E-state index contributed by atoms with van der Waals surface area (Å²) in [6, 6.07) is 9.25. The van der Waals surface area contributed by atoms with Gasteiger partial charge in [0.15, 0.2) is 0 Å². The van der Waals surface area contributed by atoms with Gasteiger partial charge in [0.1, 0.15) is 5.75 Å². The zero-order chi connectivity index (χ0) is 20.8. The van der Waals surface area contributed by atoms with E-state index in [0.717, 1.165) is 22.6 Å². The van der Waals surface area contributed by atoms with E-state index in [1.54, 1.807) is 7.11 Å². The molecule has 0 spiro atoms. The second kappa shape index (κ2) is 9.44. The fraction of sp³-hybridized carbons (Fsp3) is 0.300. The number of ether oxygens (including phenoxy) is 1. The molecule has 0 fully saturated rings. The molecule has 2 aromatic heterocycles. The number of hydrogen-bond donors (Lipinski definition) is 2. The largest absolute Gasteiger partial charge is 0.496 e. The number of unbranched alkanes of at least 4 members (excludes halogenated alkanes) is 1. The zero-order valence-electron chi connectivity index (χ0n) is 16.2. The summed E-state index contributed by atoms with van der Waals surface area (Å²) in [7, 11) is 1.58. The molecular formula is C20H22N4O4S. The Kier molecular flexibility index (Phi) is 6.73. The van der Waals surface area contributed by atoms with Crippen LogP contribution in [0, 0.1) is 6.92 Å². The van der Waals surface area contributed by atoms with E-state index in [2.05, 4.69) is 15.4 Å². The predicted molar refractivity (Wildman–Crippen MR) is 112 cm³/mol. The lowest BCUT2D eigenvalue weighted by atomic mass is 9.99. The summed E-state index contributed by atoms with van der Waals surface area (Å²) in [4.78, 5) is 29.0. The average molecular weight is 414 g/mol. The Balaban J connectivity index is 1.89. The average Bonchev–Trinajstić information content (AvgIpc) is 3.06. The molecule has 9 heteroatoms. The predicted octanol–water partition coefficient (Wildman–Crippen LogP) is 2.71. The van der Waals surface area contributed by atoms with Crippen LogP contribution >= 0.6 is 11.3 Å². The van der Waals surface area contributed by atoms with Gasteiger partial charge in [-0.1, -0.05) is 18.2 Å². The second-order valence-corrected chi connectivity index (χ2v) is 7.29. The molecular weight excluding hydrogens is 392 g/mol. The maximum atomic E-state index is 12.9. The minimum absolute atomic E-state index is 0.0641. The van der Waals surface area contributed by atoms with E-state index in [4.69, 9.17) is 9.84 Å². The number of aryl methyl sites for hydroxylation is 2. The molecule has 2 N–H and O–H groups in total. The molecule has 1 amide bonds. The lowest BCUT2D eigenvalue weighted by Gasteiger charge is -2.13. The number of hydrogen-bond acceptors (Lipinski definition) is 7. The van der Waals surface area contributed by atoms with E-state index in [1.807, 2.05) is 37.3 Å². The van der Waals surface area contributed by atoms with Crippen molar-refractivity contribution >= 4 is 22.4 Å². The van der Waals surface area contributed by atoms with Gasteiger partial charge in [0.05, 0.1) is 12.7 Å². The number of nitrogens with one attached hydrogen (secondary N) is 1. The highest BCUT2D eigenvalue weighted by atomic mass is 32.1. The molecule has 0 aliphatic heterocycles. The van der Waals surface area contributed by atoms with Crippen LogP contribution in [0.1, 0.15) is 28.9 Å². The van der Waals surface area contributed by atoms with Gasteiger partial charge in [0.2, 0.25) is 5.13 Å². The first kappa shape index (κ1) is 20.7. The van der Waals surface area contributed by atoms with Crippen LogP contribution in [-0.4, -0.2) is 39.5 Å². The highest BCUT2D eigenvalue weighted by Crippen LogP contribution is 2.32. The molecule has 3 rings (SSSR count). The zero-order valence-corrected chi connectivity index (χ0v) is 17.0. The van der Waals surface area contributed by atoms with Crippen molar-refractivity contribution in [2.45, 2.75) is 26.3 Å². The number of aromatic nitrogens is 3. The van der Waals surface area contributed by atoms with E-state index >= 15 is 0 Å². The van der Waals surface area contributed by atoms with Crippen LogP contribution in [0.4, 0.5) is 5.13 Å². The van der Waals surface area contributed by atoms with E-state index in [9.17, 15) is 9.59 Å². The normalized spacial score (nSPS) is 10.7. The topological polar surface area (TPSA) is 106 Å².